The summed E-state index contributed by atoms with van der Waals surface area (Å²) in [6.07, 6.45) is 8.92. The van der Waals surface area contributed by atoms with Crippen molar-refractivity contribution in [2.45, 2.75) is 62.5 Å². The number of thioether (sulfide) groups is 1. The van der Waals surface area contributed by atoms with Gasteiger partial charge in [-0.15, -0.1) is 0 Å². The third-order valence-electron chi connectivity index (χ3n) is 7.32. The standard InChI is InChI=1S/C25H29N5O4S2/c1-25(9-10-25)27-36(33,34)21-11-20-22(31)29(15-17-12-26-28(2)13-17)24(32)30(23(20)35-21)14-16-3-5-18(6-4-16)19-7-8-19/h3-6,11-13,19-20,23,27H,7-10,14-15H2,1-2H3. The van der Waals surface area contributed by atoms with E-state index < -0.39 is 32.9 Å². The molecule has 2 saturated carbocycles. The fourth-order valence-corrected chi connectivity index (χ4v) is 8.12. The summed E-state index contributed by atoms with van der Waals surface area (Å²) in [6.45, 7) is 2.25. The van der Waals surface area contributed by atoms with Gasteiger partial charge in [0.25, 0.3) is 0 Å². The van der Waals surface area contributed by atoms with Crippen LogP contribution in [0.15, 0.2) is 47.0 Å². The fourth-order valence-electron chi connectivity index (χ4n) is 4.81. The number of hydrogen-bond acceptors (Lipinski definition) is 6. The van der Waals surface area contributed by atoms with Crippen LogP contribution < -0.4 is 4.72 Å². The van der Waals surface area contributed by atoms with Crippen molar-refractivity contribution in [1.29, 1.82) is 0 Å². The van der Waals surface area contributed by atoms with Crippen molar-refractivity contribution in [3.63, 3.8) is 0 Å². The molecule has 1 aromatic carbocycles. The summed E-state index contributed by atoms with van der Waals surface area (Å²) in [5, 5.41) is 3.53. The molecular weight excluding hydrogens is 498 g/mol. The molecule has 36 heavy (non-hydrogen) atoms. The van der Waals surface area contributed by atoms with E-state index in [-0.39, 0.29) is 16.7 Å². The Kier molecular flexibility index (Phi) is 5.58. The van der Waals surface area contributed by atoms with Gasteiger partial charge in [0, 0.05) is 30.9 Å². The van der Waals surface area contributed by atoms with Gasteiger partial charge in [-0.2, -0.15) is 5.10 Å². The van der Waals surface area contributed by atoms with Gasteiger partial charge in [-0.1, -0.05) is 36.0 Å². The van der Waals surface area contributed by atoms with E-state index in [4.69, 9.17) is 0 Å². The van der Waals surface area contributed by atoms with E-state index in [1.54, 1.807) is 29.0 Å². The van der Waals surface area contributed by atoms with Crippen LogP contribution in [0.1, 0.15) is 55.2 Å². The number of benzene rings is 1. The van der Waals surface area contributed by atoms with Gasteiger partial charge in [0.2, 0.25) is 15.9 Å². The second-order valence-electron chi connectivity index (χ2n) is 10.6. The monoisotopic (exact) mass is 527 g/mol. The molecule has 6 rings (SSSR count). The number of aromatic nitrogens is 2. The molecule has 9 nitrogen and oxygen atoms in total. The summed E-state index contributed by atoms with van der Waals surface area (Å²) in [6, 6.07) is 7.84. The Hall–Kier alpha value is -2.63. The number of carbonyl (C=O) groups excluding carboxylic acids is 2. The Morgan fingerprint density at radius 2 is 1.83 bits per heavy atom. The van der Waals surface area contributed by atoms with Gasteiger partial charge in [0.1, 0.15) is 9.61 Å². The van der Waals surface area contributed by atoms with Gasteiger partial charge in [0.15, 0.2) is 0 Å². The maximum Gasteiger partial charge on any atom is 0.328 e. The van der Waals surface area contributed by atoms with E-state index in [1.165, 1.54) is 29.4 Å². The SMILES string of the molecule is Cn1cc(CN2C(=O)C3C=C(S(=O)(=O)NC4(C)CC4)SC3N(Cc3ccc(C4CC4)cc3)C2=O)cn1. The van der Waals surface area contributed by atoms with Gasteiger partial charge in [-0.3, -0.25) is 14.4 Å². The lowest BCUT2D eigenvalue weighted by atomic mass is 10.0. The molecule has 1 saturated heterocycles. The first kappa shape index (κ1) is 23.7. The van der Waals surface area contributed by atoms with E-state index in [1.807, 2.05) is 19.1 Å². The van der Waals surface area contributed by atoms with Crippen molar-refractivity contribution in [2.24, 2.45) is 13.0 Å². The Morgan fingerprint density at radius 1 is 1.11 bits per heavy atom. The first-order valence-corrected chi connectivity index (χ1v) is 14.6. The maximum absolute atomic E-state index is 13.7. The molecule has 3 fully saturated rings. The highest BCUT2D eigenvalue weighted by atomic mass is 32.3. The number of hydrogen-bond donors (Lipinski definition) is 1. The summed E-state index contributed by atoms with van der Waals surface area (Å²) < 4.78 is 30.8. The van der Waals surface area contributed by atoms with Gasteiger partial charge in [0.05, 0.1) is 18.7 Å². The van der Waals surface area contributed by atoms with Crippen molar-refractivity contribution >= 4 is 33.7 Å². The Labute approximate surface area is 214 Å². The number of urea groups is 1. The van der Waals surface area contributed by atoms with Crippen LogP contribution in [0, 0.1) is 5.92 Å². The van der Waals surface area contributed by atoms with Crippen LogP contribution in [0.2, 0.25) is 0 Å². The fraction of sp³-hybridized carbons (Fsp3) is 0.480. The second-order valence-corrected chi connectivity index (χ2v) is 13.6. The van der Waals surface area contributed by atoms with Crippen molar-refractivity contribution in [1.82, 2.24) is 24.3 Å². The molecule has 2 aromatic rings. The lowest BCUT2D eigenvalue weighted by Gasteiger charge is -2.41. The number of rotatable bonds is 8. The van der Waals surface area contributed by atoms with E-state index >= 15 is 0 Å². The predicted octanol–water partition coefficient (Wildman–Crippen LogP) is 3.26. The minimum absolute atomic E-state index is 0.0861. The number of imide groups is 1. The van der Waals surface area contributed by atoms with Crippen molar-refractivity contribution in [2.75, 3.05) is 0 Å². The molecule has 4 aliphatic rings. The molecule has 0 spiro atoms. The number of carbonyl (C=O) groups is 2. The third-order valence-corrected chi connectivity index (χ3v) is 10.9. The van der Waals surface area contributed by atoms with Gasteiger partial charge < -0.3 is 4.90 Å². The Bertz CT molecular complexity index is 1360. The molecular formula is C25H29N5O4S2. The van der Waals surface area contributed by atoms with Crippen LogP contribution in [-0.4, -0.2) is 50.8 Å². The van der Waals surface area contributed by atoms with Crippen molar-refractivity contribution < 1.29 is 18.0 Å². The summed E-state index contributed by atoms with van der Waals surface area (Å²) in [4.78, 5) is 30.0. The van der Waals surface area contributed by atoms with Crippen molar-refractivity contribution in [3.05, 3.63) is 63.7 Å². The molecule has 0 radical (unpaired) electrons. The molecule has 3 heterocycles. The zero-order valence-corrected chi connectivity index (χ0v) is 21.9. The minimum atomic E-state index is -3.78. The molecule has 1 N–H and O–H groups in total. The summed E-state index contributed by atoms with van der Waals surface area (Å²) >= 11 is 1.09. The van der Waals surface area contributed by atoms with E-state index in [0.29, 0.717) is 12.5 Å². The minimum Gasteiger partial charge on any atom is -0.306 e. The average molecular weight is 528 g/mol. The topological polar surface area (TPSA) is 105 Å². The third kappa shape index (κ3) is 4.48. The number of fused-ring (bicyclic) bond motifs is 1. The Balaban J connectivity index is 1.30. The van der Waals surface area contributed by atoms with Crippen LogP contribution in [-0.2, 0) is 35.0 Å². The van der Waals surface area contributed by atoms with Gasteiger partial charge in [-0.05, 0) is 55.7 Å². The average Bonchev–Trinajstić information content (AvgIpc) is 3.72. The van der Waals surface area contributed by atoms with Crippen LogP contribution >= 0.6 is 11.8 Å². The molecule has 2 aliphatic carbocycles. The van der Waals surface area contributed by atoms with Crippen LogP contribution in [0.3, 0.4) is 0 Å². The zero-order chi connectivity index (χ0) is 25.2. The van der Waals surface area contributed by atoms with Crippen LogP contribution in [0.25, 0.3) is 0 Å². The molecule has 3 amide bonds. The Morgan fingerprint density at radius 3 is 2.44 bits per heavy atom. The molecule has 11 heteroatoms. The molecule has 0 bridgehead atoms. The van der Waals surface area contributed by atoms with Gasteiger partial charge >= 0.3 is 6.03 Å². The molecule has 1 aromatic heterocycles. The van der Waals surface area contributed by atoms with E-state index in [0.717, 1.165) is 35.7 Å². The summed E-state index contributed by atoms with van der Waals surface area (Å²) in [5.41, 5.74) is 2.56. The van der Waals surface area contributed by atoms with E-state index in [2.05, 4.69) is 22.0 Å². The molecule has 2 atom stereocenters. The maximum atomic E-state index is 13.7. The number of nitrogens with zero attached hydrogens (tertiary/aromatic N) is 4. The summed E-state index contributed by atoms with van der Waals surface area (Å²) in [7, 11) is -2.00. The predicted molar refractivity (Wildman–Crippen MR) is 136 cm³/mol. The number of aryl methyl sites for hydroxylation is 1. The lowest BCUT2D eigenvalue weighted by Crippen LogP contribution is -2.58. The van der Waals surface area contributed by atoms with Crippen LogP contribution in [0.5, 0.6) is 0 Å². The highest BCUT2D eigenvalue weighted by molar-refractivity contribution is 8.18. The first-order valence-electron chi connectivity index (χ1n) is 12.2. The number of amides is 3. The lowest BCUT2D eigenvalue weighted by molar-refractivity contribution is -0.135. The van der Waals surface area contributed by atoms with Crippen LogP contribution in [0.4, 0.5) is 4.79 Å². The second kappa shape index (κ2) is 8.46. The van der Waals surface area contributed by atoms with Crippen molar-refractivity contribution in [3.8, 4) is 0 Å². The highest BCUT2D eigenvalue weighted by Crippen LogP contribution is 2.47. The molecule has 2 aliphatic heterocycles. The van der Waals surface area contributed by atoms with E-state index in [9.17, 15) is 18.0 Å². The normalized spacial score (nSPS) is 25.2. The molecule has 190 valence electrons. The number of sulfonamides is 1. The largest absolute Gasteiger partial charge is 0.328 e. The smallest absolute Gasteiger partial charge is 0.306 e. The first-order chi connectivity index (χ1) is 17.1. The van der Waals surface area contributed by atoms with Gasteiger partial charge in [-0.25, -0.2) is 17.9 Å². The molecule has 2 unspecified atom stereocenters. The number of nitrogens with one attached hydrogen (secondary N) is 1. The highest BCUT2D eigenvalue weighted by Gasteiger charge is 2.52. The zero-order valence-electron chi connectivity index (χ0n) is 20.3. The summed E-state index contributed by atoms with van der Waals surface area (Å²) in [5.74, 6) is -0.492. The quantitative estimate of drug-likeness (QED) is 0.565.